The average Bonchev–Trinajstić information content (AvgIpc) is 2.34. The summed E-state index contributed by atoms with van der Waals surface area (Å²) in [5, 5.41) is 9.06. The lowest BCUT2D eigenvalue weighted by Crippen LogP contribution is -2.43. The molecule has 2 heterocycles. The molecule has 3 nitrogen and oxygen atoms in total. The first-order valence-corrected chi connectivity index (χ1v) is 6.47. The summed E-state index contributed by atoms with van der Waals surface area (Å²) in [6, 6.07) is 2.45. The molecule has 3 heteroatoms. The molecule has 2 fully saturated rings. The summed E-state index contributed by atoms with van der Waals surface area (Å²) < 4.78 is 5.75. The number of rotatable bonds is 2. The molecule has 2 aliphatic rings. The van der Waals surface area contributed by atoms with Crippen LogP contribution in [0, 0.1) is 16.7 Å². The van der Waals surface area contributed by atoms with Crippen molar-refractivity contribution in [2.45, 2.75) is 45.1 Å². The maximum atomic E-state index is 9.06. The molecule has 0 bridgehead atoms. The highest BCUT2D eigenvalue weighted by atomic mass is 16.5. The fourth-order valence-corrected chi connectivity index (χ4v) is 2.58. The first-order valence-electron chi connectivity index (χ1n) is 6.47. The van der Waals surface area contributed by atoms with Crippen LogP contribution in [0.25, 0.3) is 0 Å². The Morgan fingerprint density at radius 1 is 1.38 bits per heavy atom. The SMILES string of the molecule is CC1(C#N)CCN(CC2CCCCO2)CC1. The van der Waals surface area contributed by atoms with E-state index in [9.17, 15) is 0 Å². The third-order valence-corrected chi connectivity index (χ3v) is 3.97. The number of nitriles is 1. The van der Waals surface area contributed by atoms with Crippen molar-refractivity contribution in [1.82, 2.24) is 4.90 Å². The molecular formula is C13H22N2O. The second-order valence-electron chi connectivity index (χ2n) is 5.46. The third-order valence-electron chi connectivity index (χ3n) is 3.97. The second kappa shape index (κ2) is 5.16. The third kappa shape index (κ3) is 2.96. The smallest absolute Gasteiger partial charge is 0.0702 e. The van der Waals surface area contributed by atoms with E-state index in [0.29, 0.717) is 6.10 Å². The highest BCUT2D eigenvalue weighted by Crippen LogP contribution is 2.30. The van der Waals surface area contributed by atoms with Crippen molar-refractivity contribution < 1.29 is 4.74 Å². The van der Waals surface area contributed by atoms with Crippen molar-refractivity contribution in [3.8, 4) is 6.07 Å². The molecule has 0 saturated carbocycles. The van der Waals surface area contributed by atoms with E-state index in [1.54, 1.807) is 0 Å². The van der Waals surface area contributed by atoms with Gasteiger partial charge in [-0.1, -0.05) is 0 Å². The van der Waals surface area contributed by atoms with Crippen LogP contribution >= 0.6 is 0 Å². The quantitative estimate of drug-likeness (QED) is 0.718. The topological polar surface area (TPSA) is 36.3 Å². The molecule has 2 rings (SSSR count). The van der Waals surface area contributed by atoms with Crippen LogP contribution in [-0.4, -0.2) is 37.2 Å². The van der Waals surface area contributed by atoms with Gasteiger partial charge in [0.2, 0.25) is 0 Å². The average molecular weight is 222 g/mol. The number of likely N-dealkylation sites (tertiary alicyclic amines) is 1. The minimum atomic E-state index is -0.0794. The van der Waals surface area contributed by atoms with Crippen molar-refractivity contribution in [2.75, 3.05) is 26.2 Å². The molecule has 2 saturated heterocycles. The fourth-order valence-electron chi connectivity index (χ4n) is 2.58. The van der Waals surface area contributed by atoms with Gasteiger partial charge in [0.15, 0.2) is 0 Å². The number of nitrogens with zero attached hydrogens (tertiary/aromatic N) is 2. The lowest BCUT2D eigenvalue weighted by Gasteiger charge is -2.37. The Balaban J connectivity index is 1.75. The van der Waals surface area contributed by atoms with Crippen molar-refractivity contribution in [3.05, 3.63) is 0 Å². The van der Waals surface area contributed by atoms with Crippen LogP contribution in [0.15, 0.2) is 0 Å². The van der Waals surface area contributed by atoms with E-state index in [2.05, 4.69) is 17.9 Å². The lowest BCUT2D eigenvalue weighted by molar-refractivity contribution is -0.0133. The van der Waals surface area contributed by atoms with Crippen molar-refractivity contribution in [2.24, 2.45) is 5.41 Å². The minimum Gasteiger partial charge on any atom is -0.377 e. The van der Waals surface area contributed by atoms with Crippen LogP contribution in [0.2, 0.25) is 0 Å². The van der Waals surface area contributed by atoms with E-state index >= 15 is 0 Å². The second-order valence-corrected chi connectivity index (χ2v) is 5.46. The van der Waals surface area contributed by atoms with Crippen LogP contribution in [0.4, 0.5) is 0 Å². The Kier molecular flexibility index (Phi) is 3.83. The molecule has 2 aliphatic heterocycles. The van der Waals surface area contributed by atoms with Gasteiger partial charge in [-0.3, -0.25) is 0 Å². The maximum Gasteiger partial charge on any atom is 0.0702 e. The van der Waals surface area contributed by atoms with Gasteiger partial charge in [-0.25, -0.2) is 0 Å². The van der Waals surface area contributed by atoms with Crippen LogP contribution in [0.3, 0.4) is 0 Å². The fraction of sp³-hybridized carbons (Fsp3) is 0.923. The van der Waals surface area contributed by atoms with Gasteiger partial charge < -0.3 is 9.64 Å². The Hall–Kier alpha value is -0.590. The van der Waals surface area contributed by atoms with Gasteiger partial charge in [0.1, 0.15) is 0 Å². The van der Waals surface area contributed by atoms with Crippen molar-refractivity contribution in [1.29, 1.82) is 5.26 Å². The Bertz CT molecular complexity index is 258. The number of hydrogen-bond donors (Lipinski definition) is 0. The molecule has 0 aromatic carbocycles. The minimum absolute atomic E-state index is 0.0794. The molecule has 16 heavy (non-hydrogen) atoms. The van der Waals surface area contributed by atoms with Crippen LogP contribution in [0.1, 0.15) is 39.0 Å². The molecule has 0 N–H and O–H groups in total. The molecule has 0 aromatic rings. The summed E-state index contributed by atoms with van der Waals surface area (Å²) in [5.74, 6) is 0. The van der Waals surface area contributed by atoms with Gasteiger partial charge in [0.05, 0.1) is 17.6 Å². The summed E-state index contributed by atoms with van der Waals surface area (Å²) in [4.78, 5) is 2.47. The van der Waals surface area contributed by atoms with Crippen LogP contribution in [0.5, 0.6) is 0 Å². The van der Waals surface area contributed by atoms with Crippen molar-refractivity contribution >= 4 is 0 Å². The van der Waals surface area contributed by atoms with Gasteiger partial charge >= 0.3 is 0 Å². The standard InChI is InChI=1S/C13H22N2O/c1-13(11-14)5-7-15(8-6-13)10-12-4-2-3-9-16-12/h12H,2-10H2,1H3. The zero-order valence-electron chi connectivity index (χ0n) is 10.2. The number of ether oxygens (including phenoxy) is 1. The van der Waals surface area contributed by atoms with E-state index in [4.69, 9.17) is 10.00 Å². The predicted octanol–water partition coefficient (Wildman–Crippen LogP) is 2.18. The van der Waals surface area contributed by atoms with Gasteiger partial charge in [-0.15, -0.1) is 0 Å². The van der Waals surface area contributed by atoms with Crippen LogP contribution < -0.4 is 0 Å². The van der Waals surface area contributed by atoms with Gasteiger partial charge in [-0.05, 0) is 52.1 Å². The first kappa shape index (κ1) is 11.9. The highest BCUT2D eigenvalue weighted by molar-refractivity contribution is 4.98. The van der Waals surface area contributed by atoms with E-state index in [0.717, 1.165) is 39.1 Å². The molecular weight excluding hydrogens is 200 g/mol. The van der Waals surface area contributed by atoms with Gasteiger partial charge in [0, 0.05) is 13.2 Å². The van der Waals surface area contributed by atoms with Crippen molar-refractivity contribution in [3.63, 3.8) is 0 Å². The van der Waals surface area contributed by atoms with E-state index in [1.807, 2.05) is 0 Å². The largest absolute Gasteiger partial charge is 0.377 e. The maximum absolute atomic E-state index is 9.06. The monoisotopic (exact) mass is 222 g/mol. The van der Waals surface area contributed by atoms with Gasteiger partial charge in [0.25, 0.3) is 0 Å². The highest BCUT2D eigenvalue weighted by Gasteiger charge is 2.30. The Labute approximate surface area is 98.4 Å². The predicted molar refractivity (Wildman–Crippen MR) is 63.0 cm³/mol. The van der Waals surface area contributed by atoms with E-state index in [1.165, 1.54) is 19.3 Å². The number of piperidine rings is 1. The Morgan fingerprint density at radius 2 is 2.12 bits per heavy atom. The summed E-state index contributed by atoms with van der Waals surface area (Å²) in [6.45, 7) is 6.21. The molecule has 1 unspecified atom stereocenters. The lowest BCUT2D eigenvalue weighted by atomic mass is 9.82. The summed E-state index contributed by atoms with van der Waals surface area (Å²) >= 11 is 0. The molecule has 90 valence electrons. The van der Waals surface area contributed by atoms with E-state index < -0.39 is 0 Å². The zero-order valence-corrected chi connectivity index (χ0v) is 10.2. The summed E-state index contributed by atoms with van der Waals surface area (Å²) in [6.07, 6.45) is 6.22. The number of hydrogen-bond acceptors (Lipinski definition) is 3. The van der Waals surface area contributed by atoms with Crippen LogP contribution in [-0.2, 0) is 4.74 Å². The first-order chi connectivity index (χ1) is 7.72. The molecule has 0 spiro atoms. The summed E-state index contributed by atoms with van der Waals surface area (Å²) in [5.41, 5.74) is -0.0794. The molecule has 0 radical (unpaired) electrons. The summed E-state index contributed by atoms with van der Waals surface area (Å²) in [7, 11) is 0. The zero-order chi connectivity index (χ0) is 11.4. The van der Waals surface area contributed by atoms with E-state index in [-0.39, 0.29) is 5.41 Å². The molecule has 0 aromatic heterocycles. The Morgan fingerprint density at radius 3 is 2.69 bits per heavy atom. The van der Waals surface area contributed by atoms with Gasteiger partial charge in [-0.2, -0.15) is 5.26 Å². The normalized spacial score (nSPS) is 30.9. The molecule has 0 amide bonds. The molecule has 0 aliphatic carbocycles. The molecule has 1 atom stereocenters.